The Morgan fingerprint density at radius 1 is 1.07 bits per heavy atom. The minimum atomic E-state index is -0.0686. The van der Waals surface area contributed by atoms with Crippen LogP contribution < -0.4 is 5.32 Å². The number of aliphatic hydroxyl groups excluding tert-OH is 2. The van der Waals surface area contributed by atoms with Crippen LogP contribution in [0.2, 0.25) is 0 Å². The van der Waals surface area contributed by atoms with Gasteiger partial charge in [0.25, 0.3) is 0 Å². The predicted molar refractivity (Wildman–Crippen MR) is 58.8 cm³/mol. The number of ether oxygens (including phenoxy) is 1. The number of hydrogen-bond donors (Lipinski definition) is 3. The first-order valence-corrected chi connectivity index (χ1v) is 5.87. The minimum absolute atomic E-state index is 0.0686. The molecule has 1 aliphatic carbocycles. The smallest absolute Gasteiger partial charge is 0.0698 e. The molecule has 1 aliphatic rings. The fourth-order valence-corrected chi connectivity index (χ4v) is 2.17. The fraction of sp³-hybridized carbons (Fsp3) is 1.00. The minimum Gasteiger partial charge on any atom is -0.394 e. The summed E-state index contributed by atoms with van der Waals surface area (Å²) in [5.74, 6) is 0. The van der Waals surface area contributed by atoms with Crippen molar-refractivity contribution in [3.63, 3.8) is 0 Å². The summed E-state index contributed by atoms with van der Waals surface area (Å²) in [5, 5.41) is 21.3. The average molecular weight is 217 g/mol. The molecule has 0 saturated heterocycles. The summed E-state index contributed by atoms with van der Waals surface area (Å²) in [4.78, 5) is 0. The molecule has 0 amide bonds. The molecule has 4 nitrogen and oxygen atoms in total. The molecule has 1 rings (SSSR count). The van der Waals surface area contributed by atoms with E-state index >= 15 is 0 Å². The van der Waals surface area contributed by atoms with Gasteiger partial charge in [-0.15, -0.1) is 0 Å². The van der Waals surface area contributed by atoms with E-state index in [2.05, 4.69) is 5.32 Å². The molecule has 3 N–H and O–H groups in total. The topological polar surface area (TPSA) is 61.7 Å². The molecule has 0 aromatic carbocycles. The van der Waals surface area contributed by atoms with Crippen LogP contribution in [0.5, 0.6) is 0 Å². The van der Waals surface area contributed by atoms with Crippen molar-refractivity contribution in [2.75, 3.05) is 33.0 Å². The Kier molecular flexibility index (Phi) is 6.17. The van der Waals surface area contributed by atoms with Crippen LogP contribution in [0.3, 0.4) is 0 Å². The van der Waals surface area contributed by atoms with Crippen molar-refractivity contribution in [3.8, 4) is 0 Å². The highest BCUT2D eigenvalue weighted by atomic mass is 16.5. The van der Waals surface area contributed by atoms with Gasteiger partial charge in [-0.3, -0.25) is 0 Å². The lowest BCUT2D eigenvalue weighted by Crippen LogP contribution is -2.50. The molecule has 0 bridgehead atoms. The Balaban J connectivity index is 2.15. The maximum atomic E-state index is 9.40. The second-order valence-corrected chi connectivity index (χ2v) is 4.26. The van der Waals surface area contributed by atoms with Crippen LogP contribution in [0.1, 0.15) is 32.1 Å². The van der Waals surface area contributed by atoms with Crippen LogP contribution in [0.25, 0.3) is 0 Å². The maximum Gasteiger partial charge on any atom is 0.0698 e. The first kappa shape index (κ1) is 12.9. The first-order chi connectivity index (χ1) is 7.33. The van der Waals surface area contributed by atoms with E-state index in [-0.39, 0.29) is 18.8 Å². The Hall–Kier alpha value is -0.160. The van der Waals surface area contributed by atoms with Crippen molar-refractivity contribution in [1.82, 2.24) is 5.32 Å². The van der Waals surface area contributed by atoms with Crippen molar-refractivity contribution >= 4 is 0 Å². The highest BCUT2D eigenvalue weighted by molar-refractivity contribution is 4.89. The van der Waals surface area contributed by atoms with Gasteiger partial charge in [-0.25, -0.2) is 0 Å². The van der Waals surface area contributed by atoms with Crippen molar-refractivity contribution in [2.24, 2.45) is 0 Å². The Bertz CT molecular complexity index is 158. The van der Waals surface area contributed by atoms with Gasteiger partial charge in [0.1, 0.15) is 0 Å². The summed E-state index contributed by atoms with van der Waals surface area (Å²) >= 11 is 0. The zero-order valence-corrected chi connectivity index (χ0v) is 9.37. The van der Waals surface area contributed by atoms with E-state index in [9.17, 15) is 5.11 Å². The lowest BCUT2D eigenvalue weighted by atomic mass is 9.82. The normalized spacial score (nSPS) is 20.4. The van der Waals surface area contributed by atoms with Gasteiger partial charge in [0.15, 0.2) is 0 Å². The van der Waals surface area contributed by atoms with Gasteiger partial charge in [0.2, 0.25) is 0 Å². The zero-order chi connectivity index (χ0) is 11.0. The van der Waals surface area contributed by atoms with Gasteiger partial charge in [-0.05, 0) is 12.8 Å². The Morgan fingerprint density at radius 3 is 2.40 bits per heavy atom. The third-order valence-corrected chi connectivity index (χ3v) is 3.10. The molecule has 0 aromatic rings. The third kappa shape index (κ3) is 4.47. The van der Waals surface area contributed by atoms with Gasteiger partial charge in [-0.2, -0.15) is 0 Å². The quantitative estimate of drug-likeness (QED) is 0.536. The highest BCUT2D eigenvalue weighted by Gasteiger charge is 2.30. The van der Waals surface area contributed by atoms with Crippen LogP contribution in [0.15, 0.2) is 0 Å². The summed E-state index contributed by atoms with van der Waals surface area (Å²) in [7, 11) is 0. The van der Waals surface area contributed by atoms with Crippen LogP contribution in [0, 0.1) is 0 Å². The van der Waals surface area contributed by atoms with E-state index in [1.807, 2.05) is 0 Å². The number of aliphatic hydroxyl groups is 2. The SMILES string of the molecule is OCCOCCNC1(CO)CCCCC1. The van der Waals surface area contributed by atoms with E-state index < -0.39 is 0 Å². The molecule has 0 unspecified atom stereocenters. The maximum absolute atomic E-state index is 9.40. The zero-order valence-electron chi connectivity index (χ0n) is 9.37. The molecule has 0 radical (unpaired) electrons. The van der Waals surface area contributed by atoms with E-state index in [1.165, 1.54) is 19.3 Å². The second-order valence-electron chi connectivity index (χ2n) is 4.26. The summed E-state index contributed by atoms with van der Waals surface area (Å²) < 4.78 is 5.17. The molecule has 0 aromatic heterocycles. The molecule has 0 aliphatic heterocycles. The summed E-state index contributed by atoms with van der Waals surface area (Å²) in [6.07, 6.45) is 5.80. The molecule has 0 heterocycles. The van der Waals surface area contributed by atoms with E-state index in [0.717, 1.165) is 19.4 Å². The van der Waals surface area contributed by atoms with Crippen LogP contribution in [-0.4, -0.2) is 48.7 Å². The van der Waals surface area contributed by atoms with Crippen molar-refractivity contribution in [2.45, 2.75) is 37.6 Å². The summed E-state index contributed by atoms with van der Waals surface area (Å²) in [6.45, 7) is 2.04. The van der Waals surface area contributed by atoms with E-state index in [4.69, 9.17) is 9.84 Å². The number of nitrogens with one attached hydrogen (secondary N) is 1. The molecule has 90 valence electrons. The molecule has 1 saturated carbocycles. The van der Waals surface area contributed by atoms with Crippen molar-refractivity contribution in [1.29, 1.82) is 0 Å². The highest BCUT2D eigenvalue weighted by Crippen LogP contribution is 2.27. The molecule has 0 spiro atoms. The van der Waals surface area contributed by atoms with Crippen molar-refractivity contribution < 1.29 is 14.9 Å². The second kappa shape index (κ2) is 7.17. The monoisotopic (exact) mass is 217 g/mol. The van der Waals surface area contributed by atoms with Gasteiger partial charge in [0.05, 0.1) is 26.4 Å². The largest absolute Gasteiger partial charge is 0.394 e. The lowest BCUT2D eigenvalue weighted by molar-refractivity contribution is 0.0744. The molecule has 4 heteroatoms. The van der Waals surface area contributed by atoms with Crippen LogP contribution >= 0.6 is 0 Å². The van der Waals surface area contributed by atoms with Gasteiger partial charge < -0.3 is 20.3 Å². The summed E-state index contributed by atoms with van der Waals surface area (Å²) in [6, 6.07) is 0. The first-order valence-electron chi connectivity index (χ1n) is 5.87. The van der Waals surface area contributed by atoms with Crippen LogP contribution in [-0.2, 0) is 4.74 Å². The molecule has 0 atom stereocenters. The fourth-order valence-electron chi connectivity index (χ4n) is 2.17. The van der Waals surface area contributed by atoms with Crippen LogP contribution in [0.4, 0.5) is 0 Å². The summed E-state index contributed by atoms with van der Waals surface area (Å²) in [5.41, 5.74) is -0.0686. The van der Waals surface area contributed by atoms with Gasteiger partial charge in [0, 0.05) is 12.1 Å². The Morgan fingerprint density at radius 2 is 1.80 bits per heavy atom. The lowest BCUT2D eigenvalue weighted by Gasteiger charge is -2.36. The third-order valence-electron chi connectivity index (χ3n) is 3.10. The Labute approximate surface area is 91.6 Å². The molecule has 15 heavy (non-hydrogen) atoms. The van der Waals surface area contributed by atoms with Crippen molar-refractivity contribution in [3.05, 3.63) is 0 Å². The molecular weight excluding hydrogens is 194 g/mol. The average Bonchev–Trinajstić information content (AvgIpc) is 2.30. The van der Waals surface area contributed by atoms with E-state index in [0.29, 0.717) is 13.2 Å². The standard InChI is InChI=1S/C11H23NO3/c13-7-9-15-8-6-12-11(10-14)4-2-1-3-5-11/h12-14H,1-10H2. The van der Waals surface area contributed by atoms with Gasteiger partial charge >= 0.3 is 0 Å². The molecule has 1 fully saturated rings. The number of rotatable bonds is 7. The predicted octanol–water partition coefficient (Wildman–Crippen LogP) is 0.280. The van der Waals surface area contributed by atoms with Gasteiger partial charge in [-0.1, -0.05) is 19.3 Å². The molecular formula is C11H23NO3. The van der Waals surface area contributed by atoms with E-state index in [1.54, 1.807) is 0 Å². The number of hydrogen-bond acceptors (Lipinski definition) is 4.